The number of methoxy groups -OCH3 is 3. The SMILES string of the molecule is CCNc1nccc(C2CCN(c3nncc4c(OC)c(OC)c(OC)cc34)CC2)n1. The molecule has 1 aromatic carbocycles. The predicted octanol–water partition coefficient (Wildman–Crippen LogP) is 3.26. The van der Waals surface area contributed by atoms with Gasteiger partial charge in [-0.2, -0.15) is 5.10 Å². The molecule has 1 aliphatic heterocycles. The first-order valence-electron chi connectivity index (χ1n) is 10.5. The number of aromatic nitrogens is 4. The number of ether oxygens (including phenoxy) is 3. The highest BCUT2D eigenvalue weighted by atomic mass is 16.5. The van der Waals surface area contributed by atoms with Gasteiger partial charge >= 0.3 is 0 Å². The van der Waals surface area contributed by atoms with Gasteiger partial charge in [-0.1, -0.05) is 0 Å². The van der Waals surface area contributed by atoms with Crippen molar-refractivity contribution in [2.75, 3.05) is 51.2 Å². The number of hydrogen-bond acceptors (Lipinski definition) is 9. The lowest BCUT2D eigenvalue weighted by atomic mass is 9.93. The van der Waals surface area contributed by atoms with Crippen LogP contribution < -0.4 is 24.4 Å². The molecule has 4 rings (SSSR count). The van der Waals surface area contributed by atoms with Gasteiger partial charge in [-0.3, -0.25) is 0 Å². The summed E-state index contributed by atoms with van der Waals surface area (Å²) >= 11 is 0. The maximum absolute atomic E-state index is 5.63. The molecule has 0 amide bonds. The van der Waals surface area contributed by atoms with Crippen LogP contribution in [-0.2, 0) is 0 Å². The van der Waals surface area contributed by atoms with Gasteiger partial charge in [0.25, 0.3) is 0 Å². The first-order chi connectivity index (χ1) is 15.2. The highest BCUT2D eigenvalue weighted by molar-refractivity contribution is 5.99. The second kappa shape index (κ2) is 9.20. The molecule has 0 spiro atoms. The van der Waals surface area contributed by atoms with E-state index >= 15 is 0 Å². The lowest BCUT2D eigenvalue weighted by Crippen LogP contribution is -2.34. The van der Waals surface area contributed by atoms with Gasteiger partial charge in [0, 0.05) is 42.8 Å². The summed E-state index contributed by atoms with van der Waals surface area (Å²) < 4.78 is 16.7. The molecule has 164 valence electrons. The molecule has 31 heavy (non-hydrogen) atoms. The van der Waals surface area contributed by atoms with Crippen LogP contribution in [0.4, 0.5) is 11.8 Å². The van der Waals surface area contributed by atoms with E-state index in [1.807, 2.05) is 25.3 Å². The zero-order chi connectivity index (χ0) is 21.8. The second-order valence-corrected chi connectivity index (χ2v) is 7.37. The Hall–Kier alpha value is -3.36. The molecule has 1 aliphatic rings. The minimum absolute atomic E-state index is 0.392. The average Bonchev–Trinajstić information content (AvgIpc) is 2.82. The van der Waals surface area contributed by atoms with E-state index in [1.165, 1.54) is 0 Å². The largest absolute Gasteiger partial charge is 0.493 e. The fourth-order valence-electron chi connectivity index (χ4n) is 4.15. The van der Waals surface area contributed by atoms with E-state index in [0.717, 1.165) is 54.8 Å². The summed E-state index contributed by atoms with van der Waals surface area (Å²) in [6.45, 7) is 4.56. The molecule has 0 aliphatic carbocycles. The quantitative estimate of drug-likeness (QED) is 0.613. The normalized spacial score (nSPS) is 14.5. The summed E-state index contributed by atoms with van der Waals surface area (Å²) in [5, 5.41) is 13.7. The standard InChI is InChI=1S/C22H28N6O3/c1-5-23-22-24-9-6-17(26-22)14-7-10-28(11-8-14)21-15-12-18(29-2)20(31-4)19(30-3)16(15)13-25-27-21/h6,9,12-14H,5,7-8,10-11H2,1-4H3,(H,23,24,26). The predicted molar refractivity (Wildman–Crippen MR) is 120 cm³/mol. The van der Waals surface area contributed by atoms with E-state index in [1.54, 1.807) is 27.5 Å². The molecule has 1 N–H and O–H groups in total. The summed E-state index contributed by atoms with van der Waals surface area (Å²) in [4.78, 5) is 11.2. The molecule has 9 nitrogen and oxygen atoms in total. The van der Waals surface area contributed by atoms with Crippen molar-refractivity contribution in [1.29, 1.82) is 0 Å². The maximum Gasteiger partial charge on any atom is 0.222 e. The Balaban J connectivity index is 1.61. The van der Waals surface area contributed by atoms with Gasteiger partial charge in [-0.25, -0.2) is 9.97 Å². The Morgan fingerprint density at radius 3 is 2.52 bits per heavy atom. The number of nitrogens with zero attached hydrogens (tertiary/aromatic N) is 5. The highest BCUT2D eigenvalue weighted by Crippen LogP contribution is 2.45. The summed E-state index contributed by atoms with van der Waals surface area (Å²) in [7, 11) is 4.83. The van der Waals surface area contributed by atoms with E-state index in [9.17, 15) is 0 Å². The zero-order valence-corrected chi connectivity index (χ0v) is 18.4. The molecule has 0 radical (unpaired) electrons. The van der Waals surface area contributed by atoms with E-state index in [2.05, 4.69) is 30.4 Å². The number of nitrogens with one attached hydrogen (secondary N) is 1. The Morgan fingerprint density at radius 2 is 1.84 bits per heavy atom. The van der Waals surface area contributed by atoms with Crippen LogP contribution in [0.3, 0.4) is 0 Å². The first-order valence-corrected chi connectivity index (χ1v) is 10.5. The Bertz CT molecular complexity index is 1050. The molecule has 2 aromatic heterocycles. The minimum atomic E-state index is 0.392. The van der Waals surface area contributed by atoms with Crippen LogP contribution in [0, 0.1) is 0 Å². The van der Waals surface area contributed by atoms with Crippen LogP contribution in [0.1, 0.15) is 31.4 Å². The maximum atomic E-state index is 5.63. The van der Waals surface area contributed by atoms with Gasteiger partial charge < -0.3 is 24.4 Å². The lowest BCUT2D eigenvalue weighted by molar-refractivity contribution is 0.327. The van der Waals surface area contributed by atoms with Crippen LogP contribution in [0.25, 0.3) is 10.8 Å². The minimum Gasteiger partial charge on any atom is -0.493 e. The van der Waals surface area contributed by atoms with Gasteiger partial charge in [0.1, 0.15) is 0 Å². The van der Waals surface area contributed by atoms with E-state index < -0.39 is 0 Å². The lowest BCUT2D eigenvalue weighted by Gasteiger charge is -2.33. The Labute approximate surface area is 181 Å². The molecule has 0 bridgehead atoms. The van der Waals surface area contributed by atoms with Gasteiger partial charge in [0.2, 0.25) is 11.7 Å². The molecule has 0 atom stereocenters. The van der Waals surface area contributed by atoms with Crippen LogP contribution in [0.15, 0.2) is 24.5 Å². The third-order valence-electron chi connectivity index (χ3n) is 5.67. The fraction of sp³-hybridized carbons (Fsp3) is 0.455. The van der Waals surface area contributed by atoms with Gasteiger partial charge in [-0.05, 0) is 31.9 Å². The van der Waals surface area contributed by atoms with Crippen molar-refractivity contribution in [2.24, 2.45) is 0 Å². The average molecular weight is 425 g/mol. The van der Waals surface area contributed by atoms with Crippen molar-refractivity contribution in [1.82, 2.24) is 20.2 Å². The number of fused-ring (bicyclic) bond motifs is 1. The summed E-state index contributed by atoms with van der Waals surface area (Å²) in [5.41, 5.74) is 1.09. The zero-order valence-electron chi connectivity index (χ0n) is 18.4. The second-order valence-electron chi connectivity index (χ2n) is 7.37. The smallest absolute Gasteiger partial charge is 0.222 e. The van der Waals surface area contributed by atoms with E-state index in [0.29, 0.717) is 29.1 Å². The van der Waals surface area contributed by atoms with Crippen molar-refractivity contribution >= 4 is 22.5 Å². The molecule has 9 heteroatoms. The van der Waals surface area contributed by atoms with Gasteiger partial charge in [0.15, 0.2) is 17.3 Å². The van der Waals surface area contributed by atoms with Crippen LogP contribution >= 0.6 is 0 Å². The van der Waals surface area contributed by atoms with E-state index in [-0.39, 0.29) is 0 Å². The molecular weight excluding hydrogens is 396 g/mol. The molecule has 0 unspecified atom stereocenters. The number of benzene rings is 1. The summed E-state index contributed by atoms with van der Waals surface area (Å²) in [5.74, 6) is 3.66. The summed E-state index contributed by atoms with van der Waals surface area (Å²) in [6.07, 6.45) is 5.49. The molecule has 1 fully saturated rings. The molecule has 3 heterocycles. The molecule has 1 saturated heterocycles. The molecular formula is C22H28N6O3. The first kappa shape index (κ1) is 20.9. The van der Waals surface area contributed by atoms with Crippen LogP contribution in [0.2, 0.25) is 0 Å². The van der Waals surface area contributed by atoms with Gasteiger partial charge in [-0.15, -0.1) is 5.10 Å². The van der Waals surface area contributed by atoms with Crippen molar-refractivity contribution < 1.29 is 14.2 Å². The Kier molecular flexibility index (Phi) is 6.20. The third kappa shape index (κ3) is 3.99. The van der Waals surface area contributed by atoms with Crippen LogP contribution in [0.5, 0.6) is 17.2 Å². The van der Waals surface area contributed by atoms with Crippen molar-refractivity contribution in [2.45, 2.75) is 25.7 Å². The highest BCUT2D eigenvalue weighted by Gasteiger charge is 2.26. The Morgan fingerprint density at radius 1 is 1.06 bits per heavy atom. The molecule has 0 saturated carbocycles. The number of rotatable bonds is 7. The van der Waals surface area contributed by atoms with Gasteiger partial charge in [0.05, 0.1) is 32.9 Å². The van der Waals surface area contributed by atoms with E-state index in [4.69, 9.17) is 14.2 Å². The van der Waals surface area contributed by atoms with Crippen molar-refractivity contribution in [3.05, 3.63) is 30.2 Å². The molecule has 3 aromatic rings. The number of anilines is 2. The number of piperidine rings is 1. The fourth-order valence-corrected chi connectivity index (χ4v) is 4.15. The van der Waals surface area contributed by atoms with Crippen molar-refractivity contribution in [3.8, 4) is 17.2 Å². The summed E-state index contributed by atoms with van der Waals surface area (Å²) in [6, 6.07) is 3.96. The van der Waals surface area contributed by atoms with Crippen molar-refractivity contribution in [3.63, 3.8) is 0 Å². The monoisotopic (exact) mass is 424 g/mol. The number of hydrogen-bond donors (Lipinski definition) is 1. The van der Waals surface area contributed by atoms with Crippen LogP contribution in [-0.4, -0.2) is 61.1 Å². The third-order valence-corrected chi connectivity index (χ3v) is 5.67. The topological polar surface area (TPSA) is 94.5 Å².